The summed E-state index contributed by atoms with van der Waals surface area (Å²) in [4.78, 5) is 29.8. The smallest absolute Gasteiger partial charge is 0.264 e. The zero-order valence-corrected chi connectivity index (χ0v) is 27.9. The summed E-state index contributed by atoms with van der Waals surface area (Å²) in [5.41, 5.74) is 2.96. The third-order valence-electron chi connectivity index (χ3n) is 7.58. The number of ether oxygens (including phenoxy) is 1. The van der Waals surface area contributed by atoms with Crippen LogP contribution in [0.25, 0.3) is 0 Å². The number of aryl methyl sites for hydroxylation is 1. The van der Waals surface area contributed by atoms with Crippen LogP contribution >= 0.6 is 11.6 Å². The third kappa shape index (κ3) is 9.11. The number of nitrogens with one attached hydrogen (secondary N) is 1. The van der Waals surface area contributed by atoms with Gasteiger partial charge in [0.2, 0.25) is 11.8 Å². The van der Waals surface area contributed by atoms with Crippen molar-refractivity contribution in [1.82, 2.24) is 10.2 Å². The molecule has 1 atom stereocenters. The minimum absolute atomic E-state index is 0.0144. The quantitative estimate of drug-likeness (QED) is 0.149. The van der Waals surface area contributed by atoms with E-state index in [9.17, 15) is 18.0 Å². The van der Waals surface area contributed by atoms with E-state index in [1.165, 1.54) is 24.1 Å². The number of hydrogen-bond acceptors (Lipinski definition) is 5. The molecule has 0 spiro atoms. The van der Waals surface area contributed by atoms with E-state index in [0.29, 0.717) is 17.3 Å². The summed E-state index contributed by atoms with van der Waals surface area (Å²) in [6, 6.07) is 28.5. The number of rotatable bonds is 15. The lowest BCUT2D eigenvalue weighted by atomic mass is 10.0. The number of anilines is 1. The Morgan fingerprint density at radius 3 is 2.20 bits per heavy atom. The molecular formula is C36H40ClN3O5S. The SMILES string of the molecule is CCCCNC(=O)[C@H](Cc1ccccc1)N(Cc1cccc(C)c1)C(=O)CN(c1ccc(Cl)cc1)S(=O)(=O)c1ccc(OC)cc1. The van der Waals surface area contributed by atoms with Crippen molar-refractivity contribution in [2.24, 2.45) is 0 Å². The maximum absolute atomic E-state index is 14.5. The van der Waals surface area contributed by atoms with E-state index >= 15 is 0 Å². The molecule has 1 N–H and O–H groups in total. The van der Waals surface area contributed by atoms with Gasteiger partial charge in [-0.1, -0.05) is 85.1 Å². The Balaban J connectivity index is 1.78. The Bertz CT molecular complexity index is 1700. The molecule has 0 aliphatic carbocycles. The number of benzene rings is 4. The maximum Gasteiger partial charge on any atom is 0.264 e. The second kappa shape index (κ2) is 16.3. The van der Waals surface area contributed by atoms with Gasteiger partial charge in [0, 0.05) is 24.5 Å². The summed E-state index contributed by atoms with van der Waals surface area (Å²) in [6.07, 6.45) is 1.94. The predicted molar refractivity (Wildman–Crippen MR) is 183 cm³/mol. The molecule has 46 heavy (non-hydrogen) atoms. The van der Waals surface area contributed by atoms with Gasteiger partial charge in [0.05, 0.1) is 17.7 Å². The number of hydrogen-bond donors (Lipinski definition) is 1. The number of halogens is 1. The third-order valence-corrected chi connectivity index (χ3v) is 9.62. The number of methoxy groups -OCH3 is 1. The maximum atomic E-state index is 14.5. The molecule has 2 amide bonds. The van der Waals surface area contributed by atoms with Gasteiger partial charge in [0.1, 0.15) is 18.3 Å². The standard InChI is InChI=1S/C36H40ClN3O5S/c1-4-5-22-38-36(42)34(24-28-11-7-6-8-12-28)39(25-29-13-9-10-27(2)23-29)35(41)26-40(31-16-14-30(37)15-17-31)46(43,44)33-20-18-32(45-3)19-21-33/h6-21,23,34H,4-5,22,24-26H2,1-3H3,(H,38,42)/t34-/m0/s1. The molecule has 0 aliphatic rings. The van der Waals surface area contributed by atoms with Crippen molar-refractivity contribution in [3.05, 3.63) is 125 Å². The minimum atomic E-state index is -4.24. The number of carbonyl (C=O) groups excluding carboxylic acids is 2. The number of unbranched alkanes of at least 4 members (excludes halogenated alkanes) is 1. The fourth-order valence-corrected chi connectivity index (χ4v) is 6.62. The number of nitrogens with zero attached hydrogens (tertiary/aromatic N) is 2. The summed E-state index contributed by atoms with van der Waals surface area (Å²) in [5, 5.41) is 3.42. The second-order valence-electron chi connectivity index (χ2n) is 11.0. The molecule has 0 fully saturated rings. The first-order valence-corrected chi connectivity index (χ1v) is 17.0. The van der Waals surface area contributed by atoms with E-state index in [0.717, 1.165) is 33.8 Å². The predicted octanol–water partition coefficient (Wildman–Crippen LogP) is 6.41. The van der Waals surface area contributed by atoms with E-state index in [1.54, 1.807) is 36.4 Å². The highest BCUT2D eigenvalue weighted by Crippen LogP contribution is 2.27. The molecule has 0 unspecified atom stereocenters. The van der Waals surface area contributed by atoms with Crippen molar-refractivity contribution in [2.45, 2.75) is 50.6 Å². The fourth-order valence-electron chi connectivity index (χ4n) is 5.08. The summed E-state index contributed by atoms with van der Waals surface area (Å²) in [5.74, 6) is -0.329. The van der Waals surface area contributed by atoms with Gasteiger partial charge in [0.25, 0.3) is 10.0 Å². The van der Waals surface area contributed by atoms with Crippen LogP contribution in [0.5, 0.6) is 5.75 Å². The topological polar surface area (TPSA) is 96.0 Å². The molecule has 0 aromatic heterocycles. The van der Waals surface area contributed by atoms with Crippen LogP contribution in [-0.4, -0.2) is 51.4 Å². The van der Waals surface area contributed by atoms with Crippen LogP contribution in [0.1, 0.15) is 36.5 Å². The molecule has 10 heteroatoms. The van der Waals surface area contributed by atoms with Crippen molar-refractivity contribution in [3.63, 3.8) is 0 Å². The van der Waals surface area contributed by atoms with E-state index < -0.39 is 28.5 Å². The first kappa shape index (κ1) is 34.5. The van der Waals surface area contributed by atoms with Crippen LogP contribution in [0, 0.1) is 6.92 Å². The van der Waals surface area contributed by atoms with E-state index in [2.05, 4.69) is 5.32 Å². The molecule has 0 saturated carbocycles. The Morgan fingerprint density at radius 2 is 1.57 bits per heavy atom. The molecule has 4 aromatic rings. The van der Waals surface area contributed by atoms with Crippen molar-refractivity contribution < 1.29 is 22.7 Å². The van der Waals surface area contributed by atoms with Crippen molar-refractivity contribution in [1.29, 1.82) is 0 Å². The van der Waals surface area contributed by atoms with Crippen LogP contribution in [-0.2, 0) is 32.6 Å². The largest absolute Gasteiger partial charge is 0.497 e. The normalized spacial score (nSPS) is 11.8. The van der Waals surface area contributed by atoms with Crippen molar-refractivity contribution in [2.75, 3.05) is 24.5 Å². The van der Waals surface area contributed by atoms with Crippen molar-refractivity contribution >= 4 is 39.1 Å². The number of amides is 2. The average Bonchev–Trinajstić information content (AvgIpc) is 3.06. The first-order valence-electron chi connectivity index (χ1n) is 15.2. The zero-order chi connectivity index (χ0) is 33.1. The molecule has 242 valence electrons. The fraction of sp³-hybridized carbons (Fsp3) is 0.278. The number of carbonyl (C=O) groups is 2. The lowest BCUT2D eigenvalue weighted by Crippen LogP contribution is -2.53. The zero-order valence-electron chi connectivity index (χ0n) is 26.4. The van der Waals surface area contributed by atoms with Crippen LogP contribution < -0.4 is 14.4 Å². The Labute approximate surface area is 277 Å². The molecule has 0 aliphatic heterocycles. The molecule has 0 saturated heterocycles. The van der Waals surface area contributed by atoms with Crippen LogP contribution in [0.2, 0.25) is 5.02 Å². The van der Waals surface area contributed by atoms with E-state index in [-0.39, 0.29) is 29.5 Å². The highest BCUT2D eigenvalue weighted by Gasteiger charge is 2.34. The summed E-state index contributed by atoms with van der Waals surface area (Å²) >= 11 is 6.14. The second-order valence-corrected chi connectivity index (χ2v) is 13.3. The van der Waals surface area contributed by atoms with Crippen LogP contribution in [0.15, 0.2) is 108 Å². The first-order chi connectivity index (χ1) is 22.1. The van der Waals surface area contributed by atoms with Gasteiger partial charge in [-0.3, -0.25) is 13.9 Å². The summed E-state index contributed by atoms with van der Waals surface area (Å²) in [7, 11) is -2.74. The highest BCUT2D eigenvalue weighted by molar-refractivity contribution is 7.92. The van der Waals surface area contributed by atoms with Crippen molar-refractivity contribution in [3.8, 4) is 5.75 Å². The van der Waals surface area contributed by atoms with Gasteiger partial charge >= 0.3 is 0 Å². The summed E-state index contributed by atoms with van der Waals surface area (Å²) < 4.78 is 34.6. The van der Waals surface area contributed by atoms with Gasteiger partial charge in [0.15, 0.2) is 0 Å². The Kier molecular flexibility index (Phi) is 12.2. The Morgan fingerprint density at radius 1 is 0.891 bits per heavy atom. The lowest BCUT2D eigenvalue weighted by molar-refractivity contribution is -0.140. The monoisotopic (exact) mass is 661 g/mol. The van der Waals surface area contributed by atoms with E-state index in [4.69, 9.17) is 16.3 Å². The summed E-state index contributed by atoms with van der Waals surface area (Å²) in [6.45, 7) is 4.02. The van der Waals surface area contributed by atoms with E-state index in [1.807, 2.05) is 68.4 Å². The number of sulfonamides is 1. The Hall–Kier alpha value is -4.34. The van der Waals surface area contributed by atoms with Gasteiger partial charge in [-0.2, -0.15) is 0 Å². The van der Waals surface area contributed by atoms with Gasteiger partial charge in [-0.15, -0.1) is 0 Å². The molecule has 0 bridgehead atoms. The average molecular weight is 662 g/mol. The molecule has 4 rings (SSSR count). The van der Waals surface area contributed by atoms with Gasteiger partial charge in [-0.05, 0) is 73.0 Å². The van der Waals surface area contributed by atoms with Gasteiger partial charge < -0.3 is 15.0 Å². The van der Waals surface area contributed by atoms with Crippen LogP contribution in [0.4, 0.5) is 5.69 Å². The minimum Gasteiger partial charge on any atom is -0.497 e. The molecule has 0 heterocycles. The molecule has 8 nitrogen and oxygen atoms in total. The molecular weight excluding hydrogens is 622 g/mol. The highest BCUT2D eigenvalue weighted by atomic mass is 35.5. The molecule has 4 aromatic carbocycles. The lowest BCUT2D eigenvalue weighted by Gasteiger charge is -2.34. The molecule has 0 radical (unpaired) electrons. The van der Waals surface area contributed by atoms with Crippen LogP contribution in [0.3, 0.4) is 0 Å². The van der Waals surface area contributed by atoms with Gasteiger partial charge in [-0.25, -0.2) is 8.42 Å².